The van der Waals surface area contributed by atoms with Gasteiger partial charge in [-0.3, -0.25) is 14.4 Å². The third-order valence-electron chi connectivity index (χ3n) is 9.02. The lowest BCUT2D eigenvalue weighted by molar-refractivity contribution is -0.149. The second-order valence-electron chi connectivity index (χ2n) is 12.6. The van der Waals surface area contributed by atoms with Crippen LogP contribution in [0.25, 0.3) is 5.69 Å². The largest absolute Gasteiger partial charge is 0.478 e. The van der Waals surface area contributed by atoms with Crippen molar-refractivity contribution in [2.45, 2.75) is 43.5 Å². The lowest BCUT2D eigenvalue weighted by Gasteiger charge is -2.33. The summed E-state index contributed by atoms with van der Waals surface area (Å²) in [5, 5.41) is 43.8. The number of carbonyl (C=O) groups is 5. The molecule has 0 saturated carbocycles. The van der Waals surface area contributed by atoms with Crippen molar-refractivity contribution in [1.29, 1.82) is 0 Å². The van der Waals surface area contributed by atoms with Crippen molar-refractivity contribution in [1.82, 2.24) is 35.7 Å². The number of aliphatic hydroxyl groups is 1. The Kier molecular flexibility index (Phi) is 11.6. The van der Waals surface area contributed by atoms with E-state index in [2.05, 4.69) is 42.1 Å². The molecule has 4 aromatic rings. The number of hydrogen-bond donors (Lipinski definition) is 7. The molecule has 0 spiro atoms. The van der Waals surface area contributed by atoms with Gasteiger partial charge in [-0.15, -0.1) is 5.10 Å². The van der Waals surface area contributed by atoms with Crippen molar-refractivity contribution in [3.05, 3.63) is 89.2 Å². The molecule has 5 amide bonds. The number of tetrazole rings is 1. The highest BCUT2D eigenvalue weighted by Crippen LogP contribution is 2.40. The number of likely N-dealkylation sites (tertiary alicyclic amines) is 1. The lowest BCUT2D eigenvalue weighted by atomic mass is 9.96. The minimum atomic E-state index is -2.34. The van der Waals surface area contributed by atoms with Gasteiger partial charge in [0, 0.05) is 41.5 Å². The smallest absolute Gasteiger partial charge is 0.353 e. The second-order valence-corrected chi connectivity index (χ2v) is 13.0. The van der Waals surface area contributed by atoms with Crippen LogP contribution in [0.3, 0.4) is 0 Å². The quantitative estimate of drug-likeness (QED) is 0.103. The van der Waals surface area contributed by atoms with Gasteiger partial charge >= 0.3 is 23.8 Å². The summed E-state index contributed by atoms with van der Waals surface area (Å²) < 4.78 is 6.79. The van der Waals surface area contributed by atoms with Crippen LogP contribution in [-0.2, 0) is 30.3 Å². The number of rotatable bonds is 12. The lowest BCUT2D eigenvalue weighted by Crippen LogP contribution is -2.65. The SMILES string of the molecule is O=C(CCc1ccc(NC(=O)N2CCC(OCCO)CC2)cc1)NC1c2ccccc2NC1(NC(=O)C(=O)Nc1cc(Cl)ccc1-n1cnnn1)C(=O)O. The van der Waals surface area contributed by atoms with E-state index >= 15 is 0 Å². The first-order valence-electron chi connectivity index (χ1n) is 17.0. The zero-order valence-corrected chi connectivity index (χ0v) is 29.5. The summed E-state index contributed by atoms with van der Waals surface area (Å²) in [6, 6.07) is 16.4. The van der Waals surface area contributed by atoms with Gasteiger partial charge in [-0.1, -0.05) is 41.9 Å². The maximum atomic E-state index is 13.4. The summed E-state index contributed by atoms with van der Waals surface area (Å²) in [4.78, 5) is 67.3. The average Bonchev–Trinajstić information content (AvgIpc) is 3.81. The van der Waals surface area contributed by atoms with Gasteiger partial charge < -0.3 is 46.4 Å². The number of piperidine rings is 1. The molecule has 19 heteroatoms. The second kappa shape index (κ2) is 16.7. The summed E-state index contributed by atoms with van der Waals surface area (Å²) in [6.07, 6.45) is 2.88. The average molecular weight is 761 g/mol. The van der Waals surface area contributed by atoms with Crippen LogP contribution in [0.15, 0.2) is 73.1 Å². The summed E-state index contributed by atoms with van der Waals surface area (Å²) in [5.74, 6) is -4.61. The van der Waals surface area contributed by atoms with Crippen LogP contribution in [0.1, 0.15) is 36.4 Å². The normalized spacial score (nSPS) is 17.9. The molecule has 2 aliphatic heterocycles. The molecule has 7 N–H and O–H groups in total. The standard InChI is InChI=1S/C35H37ClN10O8/c36-22-8-11-28(46-20-37-43-44-46)27(19-22)39-31(49)32(50)42-35(33(51)52)30(25-3-1-2-4-26(25)41-35)40-29(48)12-7-21-5-9-23(10-6-21)38-34(53)45-15-13-24(14-16-45)54-18-17-47/h1-6,8-11,19-20,24,30,41,47H,7,12-18H2,(H,38,53)(H,39,49)(H,40,48)(H,42,50)(H,51,52). The molecule has 0 bridgehead atoms. The van der Waals surface area contributed by atoms with E-state index in [0.29, 0.717) is 42.9 Å². The monoisotopic (exact) mass is 760 g/mol. The van der Waals surface area contributed by atoms with E-state index in [1.54, 1.807) is 53.4 Å². The molecule has 54 heavy (non-hydrogen) atoms. The number of carbonyl (C=O) groups excluding carboxylic acids is 4. The minimum Gasteiger partial charge on any atom is -0.478 e. The number of benzene rings is 3. The number of carboxylic acids is 1. The molecule has 1 aromatic heterocycles. The number of aliphatic carboxylic acids is 1. The van der Waals surface area contributed by atoms with Crippen LogP contribution in [-0.4, -0.2) is 103 Å². The zero-order chi connectivity index (χ0) is 38.2. The maximum Gasteiger partial charge on any atom is 0.353 e. The van der Waals surface area contributed by atoms with Crippen molar-refractivity contribution >= 4 is 58.4 Å². The van der Waals surface area contributed by atoms with Crippen LogP contribution < -0.4 is 26.6 Å². The molecular formula is C35H37ClN10O8. The van der Waals surface area contributed by atoms with Gasteiger partial charge in [0.2, 0.25) is 11.6 Å². The van der Waals surface area contributed by atoms with Crippen LogP contribution in [0.5, 0.6) is 0 Å². The summed E-state index contributed by atoms with van der Waals surface area (Å²) in [5.41, 5.74) is 0.0870. The first-order valence-corrected chi connectivity index (χ1v) is 17.4. The van der Waals surface area contributed by atoms with Crippen LogP contribution in [0.2, 0.25) is 5.02 Å². The number of para-hydroxylation sites is 1. The van der Waals surface area contributed by atoms with Gasteiger partial charge in [-0.25, -0.2) is 9.59 Å². The van der Waals surface area contributed by atoms with Crippen molar-refractivity contribution in [2.75, 3.05) is 42.3 Å². The van der Waals surface area contributed by atoms with E-state index in [9.17, 15) is 29.1 Å². The van der Waals surface area contributed by atoms with Crippen LogP contribution >= 0.6 is 11.6 Å². The molecular weight excluding hydrogens is 724 g/mol. The molecule has 3 heterocycles. The molecule has 6 rings (SSSR count). The molecule has 0 radical (unpaired) electrons. The van der Waals surface area contributed by atoms with Crippen molar-refractivity contribution in [3.63, 3.8) is 0 Å². The number of aliphatic hydroxyl groups excluding tert-OH is 1. The van der Waals surface area contributed by atoms with Crippen molar-refractivity contribution < 1.29 is 38.9 Å². The molecule has 3 aromatic carbocycles. The predicted molar refractivity (Wildman–Crippen MR) is 194 cm³/mol. The van der Waals surface area contributed by atoms with Crippen LogP contribution in [0, 0.1) is 0 Å². The Hall–Kier alpha value is -6.11. The Morgan fingerprint density at radius 3 is 2.44 bits per heavy atom. The number of urea groups is 1. The van der Waals surface area contributed by atoms with Crippen molar-refractivity contribution in [2.24, 2.45) is 0 Å². The van der Waals surface area contributed by atoms with E-state index < -0.39 is 35.4 Å². The zero-order valence-electron chi connectivity index (χ0n) is 28.7. The Bertz CT molecular complexity index is 2010. The fourth-order valence-electron chi connectivity index (χ4n) is 6.29. The van der Waals surface area contributed by atoms with E-state index in [4.69, 9.17) is 21.4 Å². The number of aryl methyl sites for hydroxylation is 1. The minimum absolute atomic E-state index is 0.0165. The summed E-state index contributed by atoms with van der Waals surface area (Å²) in [6.45, 7) is 1.29. The summed E-state index contributed by atoms with van der Waals surface area (Å²) in [7, 11) is 0. The number of carboxylic acid groups (broad SMARTS) is 1. The number of nitrogens with one attached hydrogen (secondary N) is 5. The van der Waals surface area contributed by atoms with Crippen LogP contribution in [0.4, 0.5) is 21.9 Å². The van der Waals surface area contributed by atoms with E-state index in [0.717, 1.165) is 5.56 Å². The summed E-state index contributed by atoms with van der Waals surface area (Å²) >= 11 is 6.13. The molecule has 0 aliphatic carbocycles. The third kappa shape index (κ3) is 8.57. The molecule has 2 unspecified atom stereocenters. The molecule has 1 fully saturated rings. The molecule has 282 valence electrons. The number of amides is 5. The number of halogens is 1. The van der Waals surface area contributed by atoms with Gasteiger partial charge in [0.25, 0.3) is 0 Å². The Labute approximate surface area is 313 Å². The Morgan fingerprint density at radius 1 is 0.981 bits per heavy atom. The maximum absolute atomic E-state index is 13.4. The highest BCUT2D eigenvalue weighted by atomic mass is 35.5. The van der Waals surface area contributed by atoms with E-state index in [1.807, 2.05) is 0 Å². The highest BCUT2D eigenvalue weighted by molar-refractivity contribution is 6.40. The number of ether oxygens (including phenoxy) is 1. The molecule has 2 aliphatic rings. The fraction of sp³-hybridized carbons (Fsp3) is 0.314. The number of aromatic nitrogens is 4. The van der Waals surface area contributed by atoms with Crippen molar-refractivity contribution in [3.8, 4) is 5.69 Å². The number of nitrogens with zero attached hydrogens (tertiary/aromatic N) is 5. The highest BCUT2D eigenvalue weighted by Gasteiger charge is 2.55. The molecule has 2 atom stereocenters. The van der Waals surface area contributed by atoms with E-state index in [1.165, 1.54) is 29.2 Å². The molecule has 1 saturated heterocycles. The Morgan fingerprint density at radius 2 is 1.74 bits per heavy atom. The number of fused-ring (bicyclic) bond motifs is 1. The number of anilines is 3. The van der Waals surface area contributed by atoms with Gasteiger partial charge in [0.1, 0.15) is 12.4 Å². The third-order valence-corrected chi connectivity index (χ3v) is 9.25. The van der Waals surface area contributed by atoms with Gasteiger partial charge in [0.05, 0.1) is 30.7 Å². The van der Waals surface area contributed by atoms with Gasteiger partial charge in [-0.05, 0) is 71.7 Å². The molecule has 18 nitrogen and oxygen atoms in total. The van der Waals surface area contributed by atoms with E-state index in [-0.39, 0.29) is 54.6 Å². The van der Waals surface area contributed by atoms with Gasteiger partial charge in [-0.2, -0.15) is 4.68 Å². The Balaban J connectivity index is 1.08. The fourth-order valence-corrected chi connectivity index (χ4v) is 6.46. The first kappa shape index (κ1) is 37.6. The van der Waals surface area contributed by atoms with Gasteiger partial charge in [0.15, 0.2) is 0 Å². The predicted octanol–water partition coefficient (Wildman–Crippen LogP) is 2.07. The first-order chi connectivity index (χ1) is 26.1. The number of hydrogen-bond acceptors (Lipinski definition) is 11. The topological polar surface area (TPSA) is 242 Å².